The van der Waals surface area contributed by atoms with Crippen LogP contribution in [0.5, 0.6) is 5.75 Å². The Kier molecular flexibility index (Phi) is 7.77. The van der Waals surface area contributed by atoms with E-state index in [1.54, 1.807) is 6.07 Å². The number of carbonyl (C=O) groups is 1. The first kappa shape index (κ1) is 21.5. The van der Waals surface area contributed by atoms with E-state index in [4.69, 9.17) is 4.74 Å². The average molecular weight is 418 g/mol. The molecule has 2 aromatic rings. The number of hydrogen-bond donors (Lipinski definition) is 1. The molecule has 3 rings (SSSR count). The van der Waals surface area contributed by atoms with E-state index in [0.29, 0.717) is 18.4 Å². The topological polar surface area (TPSA) is 44.8 Å². The van der Waals surface area contributed by atoms with E-state index >= 15 is 0 Å². The average Bonchev–Trinajstić information content (AvgIpc) is 3.21. The van der Waals surface area contributed by atoms with Gasteiger partial charge in [0.15, 0.2) is 0 Å². The lowest BCUT2D eigenvalue weighted by molar-refractivity contribution is -0.113. The summed E-state index contributed by atoms with van der Waals surface area (Å²) in [6.07, 6.45) is 1.07. The van der Waals surface area contributed by atoms with Crippen molar-refractivity contribution >= 4 is 29.0 Å². The third-order valence-corrected chi connectivity index (χ3v) is 5.88. The molecule has 1 unspecified atom stereocenters. The Morgan fingerprint density at radius 2 is 2.07 bits per heavy atom. The van der Waals surface area contributed by atoms with Crippen LogP contribution >= 0.6 is 11.8 Å². The lowest BCUT2D eigenvalue weighted by Crippen LogP contribution is -2.31. The van der Waals surface area contributed by atoms with Gasteiger partial charge in [0.2, 0.25) is 5.91 Å². The Bertz CT molecular complexity index is 804. The summed E-state index contributed by atoms with van der Waals surface area (Å²) in [5.41, 5.74) is 1.08. The first-order valence-electron chi connectivity index (χ1n) is 9.79. The van der Waals surface area contributed by atoms with E-state index in [0.717, 1.165) is 30.9 Å². The van der Waals surface area contributed by atoms with Gasteiger partial charge in [0.1, 0.15) is 11.6 Å². The van der Waals surface area contributed by atoms with E-state index in [9.17, 15) is 9.18 Å². The van der Waals surface area contributed by atoms with E-state index in [-0.39, 0.29) is 17.3 Å². The zero-order chi connectivity index (χ0) is 20.6. The molecule has 0 aromatic heterocycles. The van der Waals surface area contributed by atoms with Crippen molar-refractivity contribution in [2.24, 2.45) is 0 Å². The van der Waals surface area contributed by atoms with Crippen molar-refractivity contribution in [3.63, 3.8) is 0 Å². The third kappa shape index (κ3) is 6.37. The zero-order valence-corrected chi connectivity index (χ0v) is 17.8. The van der Waals surface area contributed by atoms with Gasteiger partial charge in [0.05, 0.1) is 18.0 Å². The molecule has 5 nitrogen and oxygen atoms in total. The largest absolute Gasteiger partial charge is 0.493 e. The number of thioether (sulfide) groups is 1. The molecule has 1 aliphatic rings. The van der Waals surface area contributed by atoms with Crippen LogP contribution in [0.3, 0.4) is 0 Å². The number of benzene rings is 2. The normalized spacial score (nSPS) is 16.3. The number of likely N-dealkylation sites (N-methyl/N-ethyl adjacent to an activating group) is 1. The third-order valence-electron chi connectivity index (χ3n) is 4.96. The van der Waals surface area contributed by atoms with E-state index in [1.165, 1.54) is 17.8 Å². The second-order valence-corrected chi connectivity index (χ2v) is 8.38. The number of ether oxygens (including phenoxy) is 1. The van der Waals surface area contributed by atoms with Crippen molar-refractivity contribution < 1.29 is 13.9 Å². The number of amides is 1. The number of halogens is 1. The van der Waals surface area contributed by atoms with Crippen molar-refractivity contribution in [2.75, 3.05) is 55.5 Å². The van der Waals surface area contributed by atoms with Gasteiger partial charge in [-0.25, -0.2) is 4.39 Å². The predicted molar refractivity (Wildman–Crippen MR) is 119 cm³/mol. The lowest BCUT2D eigenvalue weighted by atomic mass is 10.2. The molecule has 1 aliphatic heterocycles. The lowest BCUT2D eigenvalue weighted by Gasteiger charge is -2.22. The minimum atomic E-state index is -0.401. The Balaban J connectivity index is 1.41. The second kappa shape index (κ2) is 10.5. The predicted octanol–water partition coefficient (Wildman–Crippen LogP) is 3.72. The van der Waals surface area contributed by atoms with Crippen LogP contribution in [0.1, 0.15) is 6.42 Å². The van der Waals surface area contributed by atoms with Crippen molar-refractivity contribution in [1.29, 1.82) is 0 Å². The summed E-state index contributed by atoms with van der Waals surface area (Å²) < 4.78 is 20.1. The number of nitrogens with one attached hydrogen (secondary N) is 1. The maximum atomic E-state index is 14.5. The molecule has 2 aromatic carbocycles. The monoisotopic (exact) mass is 417 g/mol. The van der Waals surface area contributed by atoms with Gasteiger partial charge < -0.3 is 19.9 Å². The molecule has 1 amide bonds. The quantitative estimate of drug-likeness (QED) is 0.630. The van der Waals surface area contributed by atoms with Gasteiger partial charge in [-0.15, -0.1) is 11.8 Å². The number of nitrogens with zero attached hydrogens (tertiary/aromatic N) is 2. The standard InChI is InChI=1S/C22H28FN3O2S/c1-25(2)18-10-11-26(15-18)17-8-9-21(20(23)14-17)24-22(27)16-29-13-12-28-19-6-4-3-5-7-19/h3-9,14,18H,10-13,15-16H2,1-2H3,(H,24,27). The van der Waals surface area contributed by atoms with Gasteiger partial charge >= 0.3 is 0 Å². The fourth-order valence-corrected chi connectivity index (χ4v) is 3.89. The molecule has 0 aliphatic carbocycles. The minimum absolute atomic E-state index is 0.213. The summed E-state index contributed by atoms with van der Waals surface area (Å²) in [6, 6.07) is 15.1. The Labute approximate surface area is 176 Å². The first-order chi connectivity index (χ1) is 14.0. The number of hydrogen-bond acceptors (Lipinski definition) is 5. The van der Waals surface area contributed by atoms with E-state index < -0.39 is 5.82 Å². The van der Waals surface area contributed by atoms with Gasteiger partial charge in [-0.05, 0) is 50.8 Å². The molecule has 1 atom stereocenters. The molecular weight excluding hydrogens is 389 g/mol. The molecule has 0 spiro atoms. The highest BCUT2D eigenvalue weighted by Crippen LogP contribution is 2.26. The summed E-state index contributed by atoms with van der Waals surface area (Å²) >= 11 is 1.46. The van der Waals surface area contributed by atoms with Gasteiger partial charge in [-0.2, -0.15) is 0 Å². The molecule has 1 fully saturated rings. The highest BCUT2D eigenvalue weighted by atomic mass is 32.2. The van der Waals surface area contributed by atoms with Crippen molar-refractivity contribution in [3.05, 3.63) is 54.3 Å². The van der Waals surface area contributed by atoms with Gasteiger partial charge in [-0.1, -0.05) is 18.2 Å². The summed E-state index contributed by atoms with van der Waals surface area (Å²) in [7, 11) is 4.14. The molecule has 156 valence electrons. The van der Waals surface area contributed by atoms with Gasteiger partial charge in [0, 0.05) is 30.6 Å². The van der Waals surface area contributed by atoms with Crippen LogP contribution in [0.2, 0.25) is 0 Å². The SMILES string of the molecule is CN(C)C1CCN(c2ccc(NC(=O)CSCCOc3ccccc3)c(F)c2)C1. The van der Waals surface area contributed by atoms with Crippen molar-refractivity contribution in [3.8, 4) is 5.75 Å². The first-order valence-corrected chi connectivity index (χ1v) is 10.9. The highest BCUT2D eigenvalue weighted by molar-refractivity contribution is 7.99. The molecule has 0 radical (unpaired) electrons. The molecule has 0 saturated carbocycles. The summed E-state index contributed by atoms with van der Waals surface area (Å²) in [5, 5.41) is 2.66. The van der Waals surface area contributed by atoms with Crippen LogP contribution < -0.4 is 15.0 Å². The van der Waals surface area contributed by atoms with Crippen LogP contribution in [-0.4, -0.2) is 62.1 Å². The molecule has 1 heterocycles. The van der Waals surface area contributed by atoms with E-state index in [2.05, 4.69) is 29.2 Å². The summed E-state index contributed by atoms with van der Waals surface area (Å²) in [5.74, 6) is 1.15. The fraction of sp³-hybridized carbons (Fsp3) is 0.409. The molecule has 1 saturated heterocycles. The number of para-hydroxylation sites is 1. The number of carbonyl (C=O) groups excluding carboxylic acids is 1. The summed E-state index contributed by atoms with van der Waals surface area (Å²) in [6.45, 7) is 2.32. The Morgan fingerprint density at radius 1 is 1.28 bits per heavy atom. The molecular formula is C22H28FN3O2S. The molecule has 0 bridgehead atoms. The van der Waals surface area contributed by atoms with Gasteiger partial charge in [-0.3, -0.25) is 4.79 Å². The maximum Gasteiger partial charge on any atom is 0.234 e. The molecule has 29 heavy (non-hydrogen) atoms. The minimum Gasteiger partial charge on any atom is -0.493 e. The van der Waals surface area contributed by atoms with Crippen LogP contribution in [0.15, 0.2) is 48.5 Å². The molecule has 7 heteroatoms. The zero-order valence-electron chi connectivity index (χ0n) is 16.9. The summed E-state index contributed by atoms with van der Waals surface area (Å²) in [4.78, 5) is 16.5. The number of rotatable bonds is 9. The van der Waals surface area contributed by atoms with Crippen LogP contribution in [0.25, 0.3) is 0 Å². The van der Waals surface area contributed by atoms with Gasteiger partial charge in [0.25, 0.3) is 0 Å². The van der Waals surface area contributed by atoms with Crippen LogP contribution in [0, 0.1) is 5.82 Å². The van der Waals surface area contributed by atoms with Crippen molar-refractivity contribution in [2.45, 2.75) is 12.5 Å². The Hall–Kier alpha value is -2.25. The molecule has 1 N–H and O–H groups in total. The van der Waals surface area contributed by atoms with E-state index in [1.807, 2.05) is 36.4 Å². The van der Waals surface area contributed by atoms with Crippen LogP contribution in [0.4, 0.5) is 15.8 Å². The van der Waals surface area contributed by atoms with Crippen molar-refractivity contribution in [1.82, 2.24) is 4.90 Å². The highest BCUT2D eigenvalue weighted by Gasteiger charge is 2.24. The fourth-order valence-electron chi connectivity index (χ4n) is 3.29. The smallest absolute Gasteiger partial charge is 0.234 e. The second-order valence-electron chi connectivity index (χ2n) is 7.28. The van der Waals surface area contributed by atoms with Crippen LogP contribution in [-0.2, 0) is 4.79 Å². The number of anilines is 2. The Morgan fingerprint density at radius 3 is 2.76 bits per heavy atom. The maximum absolute atomic E-state index is 14.5.